The van der Waals surface area contributed by atoms with Gasteiger partial charge in [-0.1, -0.05) is 17.7 Å². The lowest BCUT2D eigenvalue weighted by Crippen LogP contribution is -2.52. The van der Waals surface area contributed by atoms with Gasteiger partial charge >= 0.3 is 0 Å². The molecule has 0 aliphatic carbocycles. The predicted molar refractivity (Wildman–Crippen MR) is 85.1 cm³/mol. The Kier molecular flexibility index (Phi) is 5.58. The van der Waals surface area contributed by atoms with Gasteiger partial charge in [0.25, 0.3) is 5.69 Å². The van der Waals surface area contributed by atoms with E-state index in [1.807, 2.05) is 0 Å². The summed E-state index contributed by atoms with van der Waals surface area (Å²) in [6, 6.07) is 3.76. The summed E-state index contributed by atoms with van der Waals surface area (Å²) in [4.78, 5) is 9.79. The minimum atomic E-state index is -4.13. The predicted octanol–water partition coefficient (Wildman–Crippen LogP) is 1.30. The smallest absolute Gasteiger partial charge is 0.290 e. The van der Waals surface area contributed by atoms with Crippen LogP contribution < -0.4 is 10.0 Å². The van der Waals surface area contributed by atoms with Crippen molar-refractivity contribution >= 4 is 27.3 Å². The Bertz CT molecular complexity index is 689. The van der Waals surface area contributed by atoms with Gasteiger partial charge in [0.05, 0.1) is 22.1 Å². The largest absolute Gasteiger partial charge is 0.383 e. The van der Waals surface area contributed by atoms with Crippen molar-refractivity contribution in [2.75, 3.05) is 26.8 Å². The van der Waals surface area contributed by atoms with E-state index in [0.717, 1.165) is 25.5 Å². The average Bonchev–Trinajstić information content (AvgIpc) is 2.94. The molecular formula is C13H18ClN3O5S. The van der Waals surface area contributed by atoms with Crippen LogP contribution in [0, 0.1) is 10.1 Å². The Morgan fingerprint density at radius 1 is 1.52 bits per heavy atom. The van der Waals surface area contributed by atoms with Crippen molar-refractivity contribution in [2.45, 2.75) is 23.3 Å². The van der Waals surface area contributed by atoms with Crippen LogP contribution in [0.25, 0.3) is 0 Å². The second-order valence-electron chi connectivity index (χ2n) is 5.41. The Morgan fingerprint density at radius 2 is 2.26 bits per heavy atom. The van der Waals surface area contributed by atoms with Gasteiger partial charge in [0.1, 0.15) is 0 Å². The SMILES string of the molecule is COCC1(CNS(=O)(=O)c2c(Cl)cccc2[N+](=O)[O-])CCCN1. The van der Waals surface area contributed by atoms with Gasteiger partial charge in [-0.05, 0) is 25.5 Å². The second kappa shape index (κ2) is 7.10. The molecule has 1 heterocycles. The highest BCUT2D eigenvalue weighted by atomic mass is 35.5. The van der Waals surface area contributed by atoms with Gasteiger partial charge in [0.15, 0.2) is 4.90 Å². The molecular weight excluding hydrogens is 346 g/mol. The monoisotopic (exact) mass is 363 g/mol. The number of nitro groups is 1. The number of hydrogen-bond donors (Lipinski definition) is 2. The van der Waals surface area contributed by atoms with E-state index in [1.165, 1.54) is 19.2 Å². The standard InChI is InChI=1S/C13H18ClN3O5S/c1-22-9-13(6-3-7-15-13)8-16-23(20,21)12-10(14)4-2-5-11(12)17(18)19/h2,4-5,15-16H,3,6-9H2,1H3. The molecule has 1 aliphatic rings. The Balaban J connectivity index is 2.28. The normalized spacial score (nSPS) is 21.5. The van der Waals surface area contributed by atoms with Gasteiger partial charge in [0, 0.05) is 19.7 Å². The van der Waals surface area contributed by atoms with Gasteiger partial charge in [-0.2, -0.15) is 0 Å². The zero-order valence-corrected chi connectivity index (χ0v) is 14.1. The molecule has 1 atom stereocenters. The fraction of sp³-hybridized carbons (Fsp3) is 0.538. The van der Waals surface area contributed by atoms with E-state index in [-0.39, 0.29) is 11.6 Å². The highest BCUT2D eigenvalue weighted by molar-refractivity contribution is 7.89. The maximum Gasteiger partial charge on any atom is 0.290 e. The molecule has 10 heteroatoms. The molecule has 2 N–H and O–H groups in total. The van der Waals surface area contributed by atoms with E-state index in [9.17, 15) is 18.5 Å². The third kappa shape index (κ3) is 3.99. The van der Waals surface area contributed by atoms with Crippen LogP contribution in [-0.4, -0.2) is 45.7 Å². The first kappa shape index (κ1) is 18.1. The van der Waals surface area contributed by atoms with Gasteiger partial charge < -0.3 is 10.1 Å². The molecule has 0 amide bonds. The molecule has 1 fully saturated rings. The zero-order chi connectivity index (χ0) is 17.1. The minimum absolute atomic E-state index is 0.0611. The van der Waals surface area contributed by atoms with Crippen molar-refractivity contribution in [3.05, 3.63) is 33.3 Å². The van der Waals surface area contributed by atoms with Crippen molar-refractivity contribution in [1.29, 1.82) is 0 Å². The molecule has 2 rings (SSSR count). The third-order valence-electron chi connectivity index (χ3n) is 3.76. The number of rotatable bonds is 7. The lowest BCUT2D eigenvalue weighted by atomic mass is 9.99. The van der Waals surface area contributed by atoms with Gasteiger partial charge in [-0.25, -0.2) is 13.1 Å². The van der Waals surface area contributed by atoms with E-state index in [0.29, 0.717) is 6.61 Å². The second-order valence-corrected chi connectivity index (χ2v) is 7.52. The van der Waals surface area contributed by atoms with Gasteiger partial charge in [0.2, 0.25) is 10.0 Å². The highest BCUT2D eigenvalue weighted by Crippen LogP contribution is 2.31. The van der Waals surface area contributed by atoms with Crippen LogP contribution in [0.1, 0.15) is 12.8 Å². The summed E-state index contributed by atoms with van der Waals surface area (Å²) in [6.45, 7) is 1.16. The lowest BCUT2D eigenvalue weighted by molar-refractivity contribution is -0.387. The minimum Gasteiger partial charge on any atom is -0.383 e. The highest BCUT2D eigenvalue weighted by Gasteiger charge is 2.36. The van der Waals surface area contributed by atoms with Crippen LogP contribution in [0.4, 0.5) is 5.69 Å². The maximum atomic E-state index is 12.5. The molecule has 128 valence electrons. The van der Waals surface area contributed by atoms with Crippen molar-refractivity contribution < 1.29 is 18.1 Å². The Labute approximate surface area is 139 Å². The first-order valence-electron chi connectivity index (χ1n) is 6.98. The Hall–Kier alpha value is -1.26. The number of sulfonamides is 1. The fourth-order valence-electron chi connectivity index (χ4n) is 2.68. The fourth-order valence-corrected chi connectivity index (χ4v) is 4.51. The summed E-state index contributed by atoms with van der Waals surface area (Å²) in [5, 5.41) is 14.1. The van der Waals surface area contributed by atoms with Crippen molar-refractivity contribution in [2.24, 2.45) is 0 Å². The molecule has 1 aromatic rings. The summed E-state index contributed by atoms with van der Waals surface area (Å²) in [5.74, 6) is 0. The summed E-state index contributed by atoms with van der Waals surface area (Å²) >= 11 is 5.89. The number of benzene rings is 1. The van der Waals surface area contributed by atoms with E-state index in [4.69, 9.17) is 16.3 Å². The van der Waals surface area contributed by atoms with E-state index in [1.54, 1.807) is 0 Å². The summed E-state index contributed by atoms with van der Waals surface area (Å²) in [5.41, 5.74) is -1.07. The van der Waals surface area contributed by atoms with Crippen LogP contribution in [0.2, 0.25) is 5.02 Å². The maximum absolute atomic E-state index is 12.5. The van der Waals surface area contributed by atoms with E-state index < -0.39 is 31.1 Å². The first-order chi connectivity index (χ1) is 10.8. The number of nitro benzene ring substituents is 1. The molecule has 1 saturated heterocycles. The third-order valence-corrected chi connectivity index (χ3v) is 5.68. The first-order valence-corrected chi connectivity index (χ1v) is 8.84. The van der Waals surface area contributed by atoms with Crippen LogP contribution >= 0.6 is 11.6 Å². The molecule has 1 aliphatic heterocycles. The van der Waals surface area contributed by atoms with E-state index >= 15 is 0 Å². The van der Waals surface area contributed by atoms with Crippen molar-refractivity contribution in [1.82, 2.24) is 10.0 Å². The Morgan fingerprint density at radius 3 is 2.83 bits per heavy atom. The molecule has 0 radical (unpaired) electrons. The van der Waals surface area contributed by atoms with Crippen molar-refractivity contribution in [3.63, 3.8) is 0 Å². The number of ether oxygens (including phenoxy) is 1. The quantitative estimate of drug-likeness (QED) is 0.558. The molecule has 23 heavy (non-hydrogen) atoms. The molecule has 1 unspecified atom stereocenters. The zero-order valence-electron chi connectivity index (χ0n) is 12.5. The molecule has 8 nitrogen and oxygen atoms in total. The lowest BCUT2D eigenvalue weighted by Gasteiger charge is -2.28. The van der Waals surface area contributed by atoms with Gasteiger partial charge in [-0.15, -0.1) is 0 Å². The molecule has 0 saturated carbocycles. The topological polar surface area (TPSA) is 111 Å². The van der Waals surface area contributed by atoms with Crippen LogP contribution in [0.5, 0.6) is 0 Å². The molecule has 0 spiro atoms. The number of hydrogen-bond acceptors (Lipinski definition) is 6. The number of methoxy groups -OCH3 is 1. The number of nitrogens with zero attached hydrogens (tertiary/aromatic N) is 1. The molecule has 0 aromatic heterocycles. The van der Waals surface area contributed by atoms with Crippen LogP contribution in [-0.2, 0) is 14.8 Å². The average molecular weight is 364 g/mol. The molecule has 0 bridgehead atoms. The summed E-state index contributed by atoms with van der Waals surface area (Å²) in [6.07, 6.45) is 1.64. The van der Waals surface area contributed by atoms with Crippen LogP contribution in [0.15, 0.2) is 23.1 Å². The summed E-state index contributed by atoms with van der Waals surface area (Å²) in [7, 11) is -2.59. The molecule has 1 aromatic carbocycles. The number of nitrogens with one attached hydrogen (secondary N) is 2. The van der Waals surface area contributed by atoms with Gasteiger partial charge in [-0.3, -0.25) is 10.1 Å². The van der Waals surface area contributed by atoms with Crippen molar-refractivity contribution in [3.8, 4) is 0 Å². The number of halogens is 1. The van der Waals surface area contributed by atoms with E-state index in [2.05, 4.69) is 10.0 Å². The summed E-state index contributed by atoms with van der Waals surface area (Å²) < 4.78 is 32.6. The van der Waals surface area contributed by atoms with Crippen LogP contribution in [0.3, 0.4) is 0 Å².